The fourth-order valence-corrected chi connectivity index (χ4v) is 3.83. The van der Waals surface area contributed by atoms with Gasteiger partial charge in [-0.05, 0) is 24.6 Å². The van der Waals surface area contributed by atoms with Crippen LogP contribution in [0.5, 0.6) is 0 Å². The van der Waals surface area contributed by atoms with Crippen molar-refractivity contribution in [1.82, 2.24) is 10.6 Å². The van der Waals surface area contributed by atoms with E-state index in [-0.39, 0.29) is 35.1 Å². The molecule has 0 saturated carbocycles. The molecule has 2 N–H and O–H groups in total. The molecular formula is C21H30IN3O2S. The molecule has 0 aliphatic carbocycles. The number of aliphatic imine (C=N–C) groups is 1. The van der Waals surface area contributed by atoms with E-state index in [1.54, 1.807) is 24.3 Å². The van der Waals surface area contributed by atoms with Crippen LogP contribution in [0.15, 0.2) is 70.6 Å². The summed E-state index contributed by atoms with van der Waals surface area (Å²) in [5.41, 5.74) is 1.11. The molecule has 0 spiro atoms. The summed E-state index contributed by atoms with van der Waals surface area (Å²) in [5, 5.41) is 6.31. The second-order valence-corrected chi connectivity index (χ2v) is 9.11. The smallest absolute Gasteiger partial charge is 0.191 e. The average molecular weight is 515 g/mol. The van der Waals surface area contributed by atoms with E-state index in [0.29, 0.717) is 30.5 Å². The first-order chi connectivity index (χ1) is 12.8. The minimum absolute atomic E-state index is 0. The van der Waals surface area contributed by atoms with Gasteiger partial charge in [0.15, 0.2) is 15.8 Å². The highest BCUT2D eigenvalue weighted by molar-refractivity contribution is 14.0. The number of halogens is 1. The Kier molecular flexibility index (Phi) is 9.95. The second kappa shape index (κ2) is 11.4. The molecule has 5 nitrogen and oxygen atoms in total. The summed E-state index contributed by atoms with van der Waals surface area (Å²) in [4.78, 5) is 5.00. The molecule has 0 fully saturated rings. The molecule has 0 unspecified atom stereocenters. The Balaban J connectivity index is 0.00000392. The molecule has 154 valence electrons. The fraction of sp³-hybridized carbons (Fsp3) is 0.381. The normalized spacial score (nSPS) is 12.2. The van der Waals surface area contributed by atoms with Crippen LogP contribution in [0.1, 0.15) is 26.3 Å². The number of benzene rings is 2. The van der Waals surface area contributed by atoms with Gasteiger partial charge in [-0.1, -0.05) is 62.4 Å². The monoisotopic (exact) mass is 515 g/mol. The van der Waals surface area contributed by atoms with Gasteiger partial charge in [-0.2, -0.15) is 0 Å². The maximum absolute atomic E-state index is 12.4. The molecule has 0 saturated heterocycles. The predicted molar refractivity (Wildman–Crippen MR) is 127 cm³/mol. The van der Waals surface area contributed by atoms with Crippen molar-refractivity contribution < 1.29 is 8.42 Å². The van der Waals surface area contributed by atoms with Crippen molar-refractivity contribution in [2.24, 2.45) is 4.99 Å². The van der Waals surface area contributed by atoms with Crippen LogP contribution in [0, 0.1) is 0 Å². The van der Waals surface area contributed by atoms with Gasteiger partial charge in [-0.3, -0.25) is 4.99 Å². The molecular weight excluding hydrogens is 485 g/mol. The molecule has 0 atom stereocenters. The van der Waals surface area contributed by atoms with Gasteiger partial charge < -0.3 is 10.6 Å². The van der Waals surface area contributed by atoms with Gasteiger partial charge in [0.2, 0.25) is 0 Å². The van der Waals surface area contributed by atoms with Gasteiger partial charge in [0, 0.05) is 18.5 Å². The lowest BCUT2D eigenvalue weighted by molar-refractivity contribution is 0.537. The van der Waals surface area contributed by atoms with E-state index in [2.05, 4.69) is 41.6 Å². The first kappa shape index (κ1) is 24.4. The molecule has 2 rings (SSSR count). The van der Waals surface area contributed by atoms with Gasteiger partial charge in [-0.25, -0.2) is 8.42 Å². The van der Waals surface area contributed by atoms with Gasteiger partial charge in [-0.15, -0.1) is 24.0 Å². The molecule has 0 bridgehead atoms. The zero-order valence-electron chi connectivity index (χ0n) is 16.7. The Morgan fingerprint density at radius 1 is 0.964 bits per heavy atom. The van der Waals surface area contributed by atoms with Gasteiger partial charge in [0.1, 0.15) is 0 Å². The van der Waals surface area contributed by atoms with Crippen LogP contribution < -0.4 is 10.6 Å². The highest BCUT2D eigenvalue weighted by Crippen LogP contribution is 2.22. The zero-order chi connectivity index (χ0) is 19.8. The molecule has 0 radical (unpaired) electrons. The third kappa shape index (κ3) is 7.43. The number of nitrogens with one attached hydrogen (secondary N) is 2. The number of guanidine groups is 1. The number of hydrogen-bond acceptors (Lipinski definition) is 3. The molecule has 2 aromatic carbocycles. The molecule has 0 aliphatic rings. The van der Waals surface area contributed by atoms with Crippen LogP contribution in [0.3, 0.4) is 0 Å². The lowest BCUT2D eigenvalue weighted by atomic mass is 9.85. The van der Waals surface area contributed by atoms with Crippen LogP contribution in [-0.2, 0) is 15.3 Å². The summed E-state index contributed by atoms with van der Waals surface area (Å²) in [6.07, 6.45) is 0. The number of sulfone groups is 1. The van der Waals surface area contributed by atoms with Gasteiger partial charge >= 0.3 is 0 Å². The number of nitrogens with zero attached hydrogens (tertiary/aromatic N) is 1. The van der Waals surface area contributed by atoms with Crippen molar-refractivity contribution in [3.05, 3.63) is 66.2 Å². The summed E-state index contributed by atoms with van der Waals surface area (Å²) in [6, 6.07) is 18.8. The van der Waals surface area contributed by atoms with Crippen molar-refractivity contribution in [3.8, 4) is 0 Å². The first-order valence-electron chi connectivity index (χ1n) is 9.21. The largest absolute Gasteiger partial charge is 0.357 e. The SMILES string of the molecule is CCNC(=NCC(C)(C)c1ccccc1)NCCS(=O)(=O)c1ccccc1.I. The van der Waals surface area contributed by atoms with E-state index < -0.39 is 9.84 Å². The minimum Gasteiger partial charge on any atom is -0.357 e. The standard InChI is InChI=1S/C21H29N3O2S.HI/c1-4-22-20(24-17-21(2,3)18-11-7-5-8-12-18)23-15-16-27(25,26)19-13-9-6-10-14-19;/h5-14H,4,15-17H2,1-3H3,(H2,22,23,24);1H. The van der Waals surface area contributed by atoms with E-state index in [1.807, 2.05) is 31.2 Å². The Bertz CT molecular complexity index is 838. The second-order valence-electron chi connectivity index (χ2n) is 7.00. The van der Waals surface area contributed by atoms with E-state index in [9.17, 15) is 8.42 Å². The molecule has 0 aromatic heterocycles. The summed E-state index contributed by atoms with van der Waals surface area (Å²) in [7, 11) is -3.30. The number of rotatable bonds is 8. The third-order valence-electron chi connectivity index (χ3n) is 4.30. The minimum atomic E-state index is -3.30. The molecule has 0 amide bonds. The molecule has 28 heavy (non-hydrogen) atoms. The first-order valence-corrected chi connectivity index (χ1v) is 10.9. The quantitative estimate of drug-likeness (QED) is 0.320. The maximum Gasteiger partial charge on any atom is 0.191 e. The van der Waals surface area contributed by atoms with Crippen molar-refractivity contribution >= 4 is 39.8 Å². The Morgan fingerprint density at radius 3 is 2.11 bits per heavy atom. The van der Waals surface area contributed by atoms with Crippen molar-refractivity contribution in [2.75, 3.05) is 25.4 Å². The average Bonchev–Trinajstić information content (AvgIpc) is 2.67. The van der Waals surface area contributed by atoms with Crippen LogP contribution in [-0.4, -0.2) is 39.8 Å². The van der Waals surface area contributed by atoms with E-state index >= 15 is 0 Å². The Hall–Kier alpha value is -1.61. The Labute approximate surface area is 186 Å². The highest BCUT2D eigenvalue weighted by atomic mass is 127. The Morgan fingerprint density at radius 2 is 1.54 bits per heavy atom. The number of hydrogen-bond donors (Lipinski definition) is 2. The summed E-state index contributed by atoms with van der Waals surface area (Å²) < 4.78 is 24.7. The van der Waals surface area contributed by atoms with Crippen LogP contribution in [0.4, 0.5) is 0 Å². The highest BCUT2D eigenvalue weighted by Gasteiger charge is 2.20. The van der Waals surface area contributed by atoms with Gasteiger partial charge in [0.25, 0.3) is 0 Å². The third-order valence-corrected chi connectivity index (χ3v) is 6.03. The molecule has 2 aromatic rings. The lowest BCUT2D eigenvalue weighted by Gasteiger charge is -2.24. The van der Waals surface area contributed by atoms with E-state index in [1.165, 1.54) is 5.56 Å². The molecule has 7 heteroatoms. The zero-order valence-corrected chi connectivity index (χ0v) is 19.8. The molecule has 0 aliphatic heterocycles. The van der Waals surface area contributed by atoms with Crippen molar-refractivity contribution in [1.29, 1.82) is 0 Å². The fourth-order valence-electron chi connectivity index (χ4n) is 2.65. The van der Waals surface area contributed by atoms with Crippen LogP contribution in [0.2, 0.25) is 0 Å². The predicted octanol–water partition coefficient (Wildman–Crippen LogP) is 3.61. The van der Waals surface area contributed by atoms with E-state index in [0.717, 1.165) is 0 Å². The topological polar surface area (TPSA) is 70.6 Å². The summed E-state index contributed by atoms with van der Waals surface area (Å²) >= 11 is 0. The summed E-state index contributed by atoms with van der Waals surface area (Å²) in [5.74, 6) is 0.647. The van der Waals surface area contributed by atoms with E-state index in [4.69, 9.17) is 0 Å². The van der Waals surface area contributed by atoms with Crippen LogP contribution in [0.25, 0.3) is 0 Å². The van der Waals surface area contributed by atoms with Crippen molar-refractivity contribution in [2.45, 2.75) is 31.1 Å². The molecule has 0 heterocycles. The summed E-state index contributed by atoms with van der Waals surface area (Å²) in [6.45, 7) is 7.89. The van der Waals surface area contributed by atoms with Crippen LogP contribution >= 0.6 is 24.0 Å². The maximum atomic E-state index is 12.4. The van der Waals surface area contributed by atoms with Crippen molar-refractivity contribution in [3.63, 3.8) is 0 Å². The van der Waals surface area contributed by atoms with Gasteiger partial charge in [0.05, 0.1) is 17.2 Å². The lowest BCUT2D eigenvalue weighted by Crippen LogP contribution is -2.40.